The molecule has 0 saturated heterocycles. The Balaban J connectivity index is 1.30. The van der Waals surface area contributed by atoms with Crippen molar-refractivity contribution in [3.63, 3.8) is 0 Å². The first kappa shape index (κ1) is 19.4. The van der Waals surface area contributed by atoms with Crippen LogP contribution in [0.3, 0.4) is 0 Å². The predicted octanol–water partition coefficient (Wildman–Crippen LogP) is 1.82. The van der Waals surface area contributed by atoms with Crippen molar-refractivity contribution in [3.8, 4) is 0 Å². The molecular weight excluding hydrogens is 386 g/mol. The summed E-state index contributed by atoms with van der Waals surface area (Å²) in [5.41, 5.74) is 2.09. The van der Waals surface area contributed by atoms with Gasteiger partial charge < -0.3 is 15.5 Å². The first-order chi connectivity index (χ1) is 14.2. The fraction of sp³-hybridized carbons (Fsp3) is 0.400. The van der Waals surface area contributed by atoms with Crippen LogP contribution in [0.15, 0.2) is 40.8 Å². The van der Waals surface area contributed by atoms with E-state index in [1.165, 1.54) is 10.4 Å². The molecule has 0 aliphatic carbocycles. The SMILES string of the molecule is CCNC(=NCc1nnc2ccccn12)NCCC(=O)N1CCc2sccc2C1. The minimum absolute atomic E-state index is 0.175. The van der Waals surface area contributed by atoms with Gasteiger partial charge in [0.15, 0.2) is 17.4 Å². The molecule has 4 rings (SSSR count). The molecule has 0 atom stereocenters. The minimum atomic E-state index is 0.175. The molecule has 3 aromatic rings. The Morgan fingerprint density at radius 1 is 1.28 bits per heavy atom. The van der Waals surface area contributed by atoms with Crippen LogP contribution in [-0.2, 0) is 24.3 Å². The normalized spacial score (nSPS) is 14.1. The molecule has 0 fully saturated rings. The van der Waals surface area contributed by atoms with Gasteiger partial charge in [-0.25, -0.2) is 4.99 Å². The van der Waals surface area contributed by atoms with E-state index in [-0.39, 0.29) is 5.91 Å². The highest BCUT2D eigenvalue weighted by Gasteiger charge is 2.21. The van der Waals surface area contributed by atoms with Crippen LogP contribution in [0.4, 0.5) is 0 Å². The fourth-order valence-corrected chi connectivity index (χ4v) is 4.29. The number of hydrogen-bond acceptors (Lipinski definition) is 5. The summed E-state index contributed by atoms with van der Waals surface area (Å²) >= 11 is 1.79. The molecule has 0 bridgehead atoms. The van der Waals surface area contributed by atoms with Crippen molar-refractivity contribution < 1.29 is 4.79 Å². The molecule has 152 valence electrons. The Bertz CT molecular complexity index is 1010. The van der Waals surface area contributed by atoms with Gasteiger partial charge in [-0.1, -0.05) is 6.07 Å². The summed E-state index contributed by atoms with van der Waals surface area (Å²) in [7, 11) is 0. The van der Waals surface area contributed by atoms with Crippen LogP contribution < -0.4 is 10.6 Å². The molecule has 1 aliphatic rings. The lowest BCUT2D eigenvalue weighted by molar-refractivity contribution is -0.131. The smallest absolute Gasteiger partial charge is 0.224 e. The van der Waals surface area contributed by atoms with Gasteiger partial charge in [0, 0.05) is 43.7 Å². The standard InChI is InChI=1S/C20H25N7OS/c1-2-21-20(23-13-18-25-24-17-5-3-4-10-27(17)18)22-9-6-19(28)26-11-7-16-15(14-26)8-12-29-16/h3-5,8,10,12H,2,6-7,9,11,13-14H2,1H3,(H2,21,22,23). The molecule has 3 aromatic heterocycles. The first-order valence-electron chi connectivity index (χ1n) is 9.88. The second-order valence-electron chi connectivity index (χ2n) is 6.85. The summed E-state index contributed by atoms with van der Waals surface area (Å²) in [5, 5.41) is 16.9. The third-order valence-corrected chi connectivity index (χ3v) is 5.92. The van der Waals surface area contributed by atoms with Gasteiger partial charge in [-0.15, -0.1) is 21.5 Å². The van der Waals surface area contributed by atoms with E-state index >= 15 is 0 Å². The Labute approximate surface area is 173 Å². The maximum atomic E-state index is 12.6. The maximum Gasteiger partial charge on any atom is 0.224 e. The minimum Gasteiger partial charge on any atom is -0.357 e. The number of guanidine groups is 1. The van der Waals surface area contributed by atoms with E-state index in [1.807, 2.05) is 40.6 Å². The summed E-state index contributed by atoms with van der Waals surface area (Å²) < 4.78 is 1.92. The number of rotatable bonds is 6. The second-order valence-corrected chi connectivity index (χ2v) is 7.85. The molecule has 0 spiro atoms. The van der Waals surface area contributed by atoms with Crippen LogP contribution in [0.2, 0.25) is 0 Å². The average Bonchev–Trinajstić information content (AvgIpc) is 3.38. The molecule has 1 amide bonds. The van der Waals surface area contributed by atoms with Crippen molar-refractivity contribution in [2.45, 2.75) is 32.9 Å². The predicted molar refractivity (Wildman–Crippen MR) is 114 cm³/mol. The molecule has 8 nitrogen and oxygen atoms in total. The van der Waals surface area contributed by atoms with Gasteiger partial charge in [0.2, 0.25) is 5.91 Å². The van der Waals surface area contributed by atoms with Crippen LogP contribution in [0.5, 0.6) is 0 Å². The molecule has 29 heavy (non-hydrogen) atoms. The summed E-state index contributed by atoms with van der Waals surface area (Å²) in [4.78, 5) is 20.5. The number of thiophene rings is 1. The monoisotopic (exact) mass is 411 g/mol. The summed E-state index contributed by atoms with van der Waals surface area (Å²) in [6.07, 6.45) is 3.33. The molecule has 0 aromatic carbocycles. The van der Waals surface area contributed by atoms with E-state index in [0.717, 1.165) is 37.5 Å². The summed E-state index contributed by atoms with van der Waals surface area (Å²) in [6.45, 7) is 5.24. The van der Waals surface area contributed by atoms with Crippen LogP contribution >= 0.6 is 11.3 Å². The van der Waals surface area contributed by atoms with Gasteiger partial charge >= 0.3 is 0 Å². The van der Waals surface area contributed by atoms with E-state index < -0.39 is 0 Å². The first-order valence-corrected chi connectivity index (χ1v) is 10.8. The number of pyridine rings is 1. The number of amides is 1. The number of nitrogens with zero attached hydrogens (tertiary/aromatic N) is 5. The number of fused-ring (bicyclic) bond motifs is 2. The van der Waals surface area contributed by atoms with E-state index in [0.29, 0.717) is 25.5 Å². The van der Waals surface area contributed by atoms with E-state index in [9.17, 15) is 4.79 Å². The number of carbonyl (C=O) groups is 1. The Hall–Kier alpha value is -2.94. The summed E-state index contributed by atoms with van der Waals surface area (Å²) in [6, 6.07) is 7.91. The zero-order chi connectivity index (χ0) is 20.1. The second kappa shape index (κ2) is 9.04. The molecular formula is C20H25N7OS. The van der Waals surface area contributed by atoms with Crippen molar-refractivity contribution in [2.75, 3.05) is 19.6 Å². The van der Waals surface area contributed by atoms with Crippen LogP contribution in [0.1, 0.15) is 29.6 Å². The Morgan fingerprint density at radius 3 is 3.10 bits per heavy atom. The van der Waals surface area contributed by atoms with Crippen molar-refractivity contribution >= 4 is 28.9 Å². The molecule has 2 N–H and O–H groups in total. The number of carbonyl (C=O) groups excluding carboxylic acids is 1. The maximum absolute atomic E-state index is 12.6. The number of nitrogens with one attached hydrogen (secondary N) is 2. The molecule has 1 aliphatic heterocycles. The van der Waals surface area contributed by atoms with Crippen molar-refractivity contribution in [3.05, 3.63) is 52.1 Å². The highest BCUT2D eigenvalue weighted by Crippen LogP contribution is 2.24. The van der Waals surface area contributed by atoms with Crippen molar-refractivity contribution in [2.24, 2.45) is 4.99 Å². The van der Waals surface area contributed by atoms with E-state index in [1.54, 1.807) is 11.3 Å². The van der Waals surface area contributed by atoms with E-state index in [2.05, 4.69) is 37.3 Å². The highest BCUT2D eigenvalue weighted by molar-refractivity contribution is 7.10. The fourth-order valence-electron chi connectivity index (χ4n) is 3.40. The average molecular weight is 412 g/mol. The third kappa shape index (κ3) is 4.56. The van der Waals surface area contributed by atoms with Gasteiger partial charge in [-0.2, -0.15) is 0 Å². The van der Waals surface area contributed by atoms with E-state index in [4.69, 9.17) is 0 Å². The van der Waals surface area contributed by atoms with Gasteiger partial charge in [0.05, 0.1) is 0 Å². The summed E-state index contributed by atoms with van der Waals surface area (Å²) in [5.74, 6) is 1.62. The van der Waals surface area contributed by atoms with Gasteiger partial charge in [-0.3, -0.25) is 9.20 Å². The molecule has 0 unspecified atom stereocenters. The third-order valence-electron chi connectivity index (χ3n) is 4.90. The van der Waals surface area contributed by atoms with Crippen LogP contribution in [0, 0.1) is 0 Å². The van der Waals surface area contributed by atoms with Crippen LogP contribution in [0.25, 0.3) is 5.65 Å². The largest absolute Gasteiger partial charge is 0.357 e. The van der Waals surface area contributed by atoms with Gasteiger partial charge in [0.1, 0.15) is 6.54 Å². The number of aliphatic imine (C=N–C) groups is 1. The Kier molecular flexibility index (Phi) is 6.04. The number of aromatic nitrogens is 3. The lowest BCUT2D eigenvalue weighted by atomic mass is 10.1. The van der Waals surface area contributed by atoms with Gasteiger partial charge in [0.25, 0.3) is 0 Å². The topological polar surface area (TPSA) is 86.9 Å². The zero-order valence-corrected chi connectivity index (χ0v) is 17.3. The highest BCUT2D eigenvalue weighted by atomic mass is 32.1. The lowest BCUT2D eigenvalue weighted by Gasteiger charge is -2.27. The van der Waals surface area contributed by atoms with Gasteiger partial charge in [-0.05, 0) is 42.5 Å². The lowest BCUT2D eigenvalue weighted by Crippen LogP contribution is -2.41. The molecule has 0 radical (unpaired) electrons. The molecule has 4 heterocycles. The quantitative estimate of drug-likeness (QED) is 0.477. The van der Waals surface area contributed by atoms with Crippen LogP contribution in [-0.4, -0.2) is 51.0 Å². The molecule has 9 heteroatoms. The van der Waals surface area contributed by atoms with Crippen molar-refractivity contribution in [1.29, 1.82) is 0 Å². The zero-order valence-electron chi connectivity index (χ0n) is 16.5. The molecule has 0 saturated carbocycles. The van der Waals surface area contributed by atoms with Crippen molar-refractivity contribution in [1.82, 2.24) is 30.1 Å². The number of hydrogen-bond donors (Lipinski definition) is 2. The Morgan fingerprint density at radius 2 is 2.21 bits per heavy atom.